The summed E-state index contributed by atoms with van der Waals surface area (Å²) in [4.78, 5) is 8.62. The van der Waals surface area contributed by atoms with E-state index in [0.29, 0.717) is 28.2 Å². The van der Waals surface area contributed by atoms with E-state index in [4.69, 9.17) is 22.1 Å². The van der Waals surface area contributed by atoms with E-state index in [1.165, 1.54) is 0 Å². The largest absolute Gasteiger partial charge is 0.495 e. The van der Waals surface area contributed by atoms with Gasteiger partial charge in [0.2, 0.25) is 0 Å². The molecule has 106 valence electrons. The summed E-state index contributed by atoms with van der Waals surface area (Å²) in [6.07, 6.45) is 0. The Balaban J connectivity index is 2.27. The van der Waals surface area contributed by atoms with E-state index in [1.807, 2.05) is 19.9 Å². The van der Waals surface area contributed by atoms with Crippen molar-refractivity contribution in [2.75, 3.05) is 18.2 Å². The zero-order chi connectivity index (χ0) is 14.7. The van der Waals surface area contributed by atoms with Crippen LogP contribution in [0.15, 0.2) is 24.3 Å². The van der Waals surface area contributed by atoms with Crippen molar-refractivity contribution >= 4 is 28.9 Å². The van der Waals surface area contributed by atoms with E-state index in [0.717, 1.165) is 5.69 Å². The molecule has 20 heavy (non-hydrogen) atoms. The van der Waals surface area contributed by atoms with E-state index in [1.54, 1.807) is 25.3 Å². The summed E-state index contributed by atoms with van der Waals surface area (Å²) in [5.74, 6) is 2.61. The number of nitrogens with two attached hydrogens (primary N) is 1. The molecule has 1 heterocycles. The third kappa shape index (κ3) is 3.30. The Morgan fingerprint density at radius 2 is 2.00 bits per heavy atom. The molecule has 5 nitrogen and oxygen atoms in total. The van der Waals surface area contributed by atoms with Crippen molar-refractivity contribution in [3.05, 3.63) is 35.1 Å². The van der Waals surface area contributed by atoms with E-state index < -0.39 is 0 Å². The maximum absolute atomic E-state index is 6.09. The fourth-order valence-electron chi connectivity index (χ4n) is 1.70. The van der Waals surface area contributed by atoms with Gasteiger partial charge < -0.3 is 15.8 Å². The van der Waals surface area contributed by atoms with Crippen molar-refractivity contribution in [1.29, 1.82) is 0 Å². The number of hydrogen-bond donors (Lipinski definition) is 2. The number of halogens is 1. The maximum Gasteiger partial charge on any atom is 0.137 e. The van der Waals surface area contributed by atoms with Crippen LogP contribution in [0.25, 0.3) is 0 Å². The molecule has 2 rings (SSSR count). The van der Waals surface area contributed by atoms with Gasteiger partial charge >= 0.3 is 0 Å². The topological polar surface area (TPSA) is 73.1 Å². The highest BCUT2D eigenvalue weighted by Gasteiger charge is 2.08. The Hall–Kier alpha value is -2.01. The highest BCUT2D eigenvalue weighted by molar-refractivity contribution is 6.32. The van der Waals surface area contributed by atoms with Gasteiger partial charge in [-0.25, -0.2) is 9.97 Å². The molecule has 0 aliphatic rings. The maximum atomic E-state index is 6.09. The summed E-state index contributed by atoms with van der Waals surface area (Å²) in [7, 11) is 1.58. The first-order chi connectivity index (χ1) is 9.49. The lowest BCUT2D eigenvalue weighted by Gasteiger charge is -2.11. The molecule has 2 aromatic rings. The van der Waals surface area contributed by atoms with Gasteiger partial charge in [-0.1, -0.05) is 25.4 Å². The molecule has 0 atom stereocenters. The standard InChI is InChI=1S/C14H17ClN4O/c1-8(2)14-18-12(16)7-13(19-14)17-9-4-5-11(20-3)10(15)6-9/h4-8H,1-3H3,(H3,16,17,18,19). The molecule has 6 heteroatoms. The number of hydrogen-bond acceptors (Lipinski definition) is 5. The quantitative estimate of drug-likeness (QED) is 0.901. The van der Waals surface area contributed by atoms with Crippen molar-refractivity contribution in [3.8, 4) is 5.75 Å². The third-order valence-corrected chi connectivity index (χ3v) is 3.00. The van der Waals surface area contributed by atoms with Crippen LogP contribution in [-0.2, 0) is 0 Å². The zero-order valence-corrected chi connectivity index (χ0v) is 12.4. The predicted octanol–water partition coefficient (Wildman–Crippen LogP) is 3.59. The molecule has 0 radical (unpaired) electrons. The van der Waals surface area contributed by atoms with Crippen LogP contribution in [0.3, 0.4) is 0 Å². The molecule has 0 saturated heterocycles. The molecular formula is C14H17ClN4O. The lowest BCUT2D eigenvalue weighted by Crippen LogP contribution is -2.04. The highest BCUT2D eigenvalue weighted by Crippen LogP contribution is 2.28. The molecule has 0 aliphatic heterocycles. The number of nitrogen functional groups attached to an aromatic ring is 1. The molecular weight excluding hydrogens is 276 g/mol. The summed E-state index contributed by atoms with van der Waals surface area (Å²) >= 11 is 6.09. The molecule has 3 N–H and O–H groups in total. The van der Waals surface area contributed by atoms with E-state index in [2.05, 4.69) is 15.3 Å². The summed E-state index contributed by atoms with van der Waals surface area (Å²) in [6, 6.07) is 7.11. The second-order valence-corrected chi connectivity index (χ2v) is 5.07. The van der Waals surface area contributed by atoms with Crippen LogP contribution in [0.5, 0.6) is 5.75 Å². The number of ether oxygens (including phenoxy) is 1. The van der Waals surface area contributed by atoms with Gasteiger partial charge in [0.1, 0.15) is 23.2 Å². The van der Waals surface area contributed by atoms with Gasteiger partial charge in [-0.05, 0) is 18.2 Å². The van der Waals surface area contributed by atoms with Gasteiger partial charge in [-0.2, -0.15) is 0 Å². The van der Waals surface area contributed by atoms with E-state index in [9.17, 15) is 0 Å². The molecule has 1 aromatic heterocycles. The zero-order valence-electron chi connectivity index (χ0n) is 11.6. The number of methoxy groups -OCH3 is 1. The fraction of sp³-hybridized carbons (Fsp3) is 0.286. The fourth-order valence-corrected chi connectivity index (χ4v) is 1.96. The third-order valence-electron chi connectivity index (χ3n) is 2.70. The molecule has 1 aromatic carbocycles. The molecule has 0 fully saturated rings. The Labute approximate surface area is 123 Å². The van der Waals surface area contributed by atoms with Gasteiger partial charge in [0.05, 0.1) is 12.1 Å². The summed E-state index contributed by atoms with van der Waals surface area (Å²) < 4.78 is 5.11. The second kappa shape index (κ2) is 5.96. The molecule has 0 bridgehead atoms. The van der Waals surface area contributed by atoms with Gasteiger partial charge in [-0.15, -0.1) is 0 Å². The second-order valence-electron chi connectivity index (χ2n) is 4.67. The number of rotatable bonds is 4. The Bertz CT molecular complexity index is 616. The minimum absolute atomic E-state index is 0.207. The first-order valence-corrected chi connectivity index (χ1v) is 6.62. The normalized spacial score (nSPS) is 10.7. The SMILES string of the molecule is COc1ccc(Nc2cc(N)nc(C(C)C)n2)cc1Cl. The lowest BCUT2D eigenvalue weighted by molar-refractivity contribution is 0.415. The summed E-state index contributed by atoms with van der Waals surface area (Å²) in [6.45, 7) is 4.03. The van der Waals surface area contributed by atoms with Crippen LogP contribution in [0.1, 0.15) is 25.6 Å². The van der Waals surface area contributed by atoms with Gasteiger partial charge in [-0.3, -0.25) is 0 Å². The molecule has 0 amide bonds. The van der Waals surface area contributed by atoms with Crippen molar-refractivity contribution in [2.45, 2.75) is 19.8 Å². The van der Waals surface area contributed by atoms with Crippen molar-refractivity contribution in [3.63, 3.8) is 0 Å². The Morgan fingerprint density at radius 3 is 2.60 bits per heavy atom. The van der Waals surface area contributed by atoms with Crippen LogP contribution < -0.4 is 15.8 Å². The predicted molar refractivity (Wildman–Crippen MR) is 81.8 cm³/mol. The van der Waals surface area contributed by atoms with Crippen LogP contribution in [0, 0.1) is 0 Å². The molecule has 0 saturated carbocycles. The average molecular weight is 293 g/mol. The van der Waals surface area contributed by atoms with Gasteiger partial charge in [0.15, 0.2) is 0 Å². The Morgan fingerprint density at radius 1 is 1.25 bits per heavy atom. The van der Waals surface area contributed by atoms with Crippen LogP contribution in [0.2, 0.25) is 5.02 Å². The number of anilines is 3. The minimum atomic E-state index is 0.207. The minimum Gasteiger partial charge on any atom is -0.495 e. The summed E-state index contributed by atoms with van der Waals surface area (Å²) in [5.41, 5.74) is 6.60. The van der Waals surface area contributed by atoms with Crippen LogP contribution >= 0.6 is 11.6 Å². The highest BCUT2D eigenvalue weighted by atomic mass is 35.5. The van der Waals surface area contributed by atoms with E-state index >= 15 is 0 Å². The van der Waals surface area contributed by atoms with Crippen LogP contribution in [-0.4, -0.2) is 17.1 Å². The van der Waals surface area contributed by atoms with Crippen molar-refractivity contribution in [2.24, 2.45) is 0 Å². The lowest BCUT2D eigenvalue weighted by atomic mass is 10.2. The number of benzene rings is 1. The van der Waals surface area contributed by atoms with Crippen molar-refractivity contribution in [1.82, 2.24) is 9.97 Å². The number of nitrogens with zero attached hydrogens (tertiary/aromatic N) is 2. The molecule has 0 aliphatic carbocycles. The first-order valence-electron chi connectivity index (χ1n) is 6.24. The average Bonchev–Trinajstić information content (AvgIpc) is 2.38. The van der Waals surface area contributed by atoms with Crippen LogP contribution in [0.4, 0.5) is 17.3 Å². The van der Waals surface area contributed by atoms with E-state index in [-0.39, 0.29) is 5.92 Å². The van der Waals surface area contributed by atoms with Gasteiger partial charge in [0.25, 0.3) is 0 Å². The van der Waals surface area contributed by atoms with Gasteiger partial charge in [0, 0.05) is 17.7 Å². The Kier molecular flexibility index (Phi) is 4.29. The molecule has 0 spiro atoms. The number of aromatic nitrogens is 2. The first kappa shape index (κ1) is 14.4. The molecule has 0 unspecified atom stereocenters. The smallest absolute Gasteiger partial charge is 0.137 e. The van der Waals surface area contributed by atoms with Crippen molar-refractivity contribution < 1.29 is 4.74 Å². The summed E-state index contributed by atoms with van der Waals surface area (Å²) in [5, 5.41) is 3.69. The monoisotopic (exact) mass is 292 g/mol. The number of nitrogens with one attached hydrogen (secondary N) is 1.